The molecule has 1 heterocycles. The van der Waals surface area contributed by atoms with Crippen LogP contribution >= 0.6 is 0 Å². The third-order valence-corrected chi connectivity index (χ3v) is 3.11. The number of nitrogens with zero attached hydrogens (tertiary/aromatic N) is 1. The van der Waals surface area contributed by atoms with E-state index in [0.29, 0.717) is 19.4 Å². The van der Waals surface area contributed by atoms with Crippen molar-refractivity contribution < 1.29 is 14.4 Å². The lowest BCUT2D eigenvalue weighted by molar-refractivity contribution is -0.233. The molecule has 0 saturated carbocycles. The summed E-state index contributed by atoms with van der Waals surface area (Å²) in [5, 5.41) is 0.933. The maximum absolute atomic E-state index is 11.7. The van der Waals surface area contributed by atoms with Crippen LogP contribution in [0, 0.1) is 5.41 Å². The van der Waals surface area contributed by atoms with Crippen LogP contribution in [0.2, 0.25) is 0 Å². The van der Waals surface area contributed by atoms with Crippen molar-refractivity contribution in [3.05, 3.63) is 0 Å². The van der Waals surface area contributed by atoms with E-state index in [1.54, 1.807) is 0 Å². The van der Waals surface area contributed by atoms with Gasteiger partial charge in [-0.1, -0.05) is 27.2 Å². The summed E-state index contributed by atoms with van der Waals surface area (Å²) < 4.78 is 0. The molecule has 2 amide bonds. The first-order chi connectivity index (χ1) is 7.14. The van der Waals surface area contributed by atoms with E-state index in [9.17, 15) is 9.59 Å². The molecule has 0 N–H and O–H groups in total. The number of carbonyl (C=O) groups excluding carboxylic acids is 2. The predicted molar refractivity (Wildman–Crippen MR) is 55.7 cm³/mol. The summed E-state index contributed by atoms with van der Waals surface area (Å²) in [6, 6.07) is 0. The standard InChI is InChI=1S/C11H19NO3/c1-4-7-8-15-12-9(13)11(5-2,6-3)10(12)14/h4-8H2,1-3H3. The molecule has 0 aliphatic carbocycles. The molecule has 1 aliphatic rings. The maximum Gasteiger partial charge on any atom is 0.269 e. The Bertz CT molecular complexity index is 241. The Morgan fingerprint density at radius 1 is 1.13 bits per heavy atom. The number of imide groups is 1. The number of rotatable bonds is 6. The summed E-state index contributed by atoms with van der Waals surface area (Å²) in [6.45, 7) is 6.20. The molecule has 1 aliphatic heterocycles. The molecule has 0 radical (unpaired) electrons. The smallest absolute Gasteiger partial charge is 0.269 e. The highest BCUT2D eigenvalue weighted by molar-refractivity contribution is 6.20. The fourth-order valence-electron chi connectivity index (χ4n) is 1.79. The number of amides is 2. The topological polar surface area (TPSA) is 46.6 Å². The second-order valence-corrected chi connectivity index (χ2v) is 3.88. The van der Waals surface area contributed by atoms with Gasteiger partial charge in [-0.15, -0.1) is 0 Å². The molecule has 0 aromatic rings. The average Bonchev–Trinajstić information content (AvgIpc) is 2.26. The number of unbranched alkanes of at least 4 members (excludes halogenated alkanes) is 1. The van der Waals surface area contributed by atoms with E-state index >= 15 is 0 Å². The minimum atomic E-state index is -0.786. The van der Waals surface area contributed by atoms with Gasteiger partial charge in [0.25, 0.3) is 11.8 Å². The zero-order valence-electron chi connectivity index (χ0n) is 9.71. The summed E-state index contributed by atoms with van der Waals surface area (Å²) >= 11 is 0. The zero-order chi connectivity index (χ0) is 11.5. The Hall–Kier alpha value is -0.900. The van der Waals surface area contributed by atoms with Crippen molar-refractivity contribution in [1.82, 2.24) is 5.06 Å². The fourth-order valence-corrected chi connectivity index (χ4v) is 1.79. The highest BCUT2D eigenvalue weighted by Gasteiger charge is 2.59. The first-order valence-corrected chi connectivity index (χ1v) is 5.66. The van der Waals surface area contributed by atoms with E-state index in [4.69, 9.17) is 4.84 Å². The van der Waals surface area contributed by atoms with Crippen molar-refractivity contribution >= 4 is 11.8 Å². The van der Waals surface area contributed by atoms with Crippen LogP contribution in [0.3, 0.4) is 0 Å². The lowest BCUT2D eigenvalue weighted by Gasteiger charge is -2.43. The molecule has 4 heteroatoms. The van der Waals surface area contributed by atoms with Gasteiger partial charge in [-0.05, 0) is 19.3 Å². The Balaban J connectivity index is 2.53. The van der Waals surface area contributed by atoms with E-state index in [-0.39, 0.29) is 11.8 Å². The number of hydrogen-bond donors (Lipinski definition) is 0. The SMILES string of the molecule is CCCCON1C(=O)C(CC)(CC)C1=O. The Labute approximate surface area is 90.5 Å². The second kappa shape index (κ2) is 4.75. The molecule has 0 aromatic carbocycles. The van der Waals surface area contributed by atoms with E-state index in [1.165, 1.54) is 0 Å². The van der Waals surface area contributed by atoms with Crippen molar-refractivity contribution in [2.45, 2.75) is 46.5 Å². The van der Waals surface area contributed by atoms with Gasteiger partial charge in [0.2, 0.25) is 0 Å². The lowest BCUT2D eigenvalue weighted by Crippen LogP contribution is -2.65. The zero-order valence-corrected chi connectivity index (χ0v) is 9.71. The molecule has 15 heavy (non-hydrogen) atoms. The van der Waals surface area contributed by atoms with Crippen LogP contribution in [0.15, 0.2) is 0 Å². The lowest BCUT2D eigenvalue weighted by atomic mass is 9.74. The predicted octanol–water partition coefficient (Wildman–Crippen LogP) is 1.89. The fraction of sp³-hybridized carbons (Fsp3) is 0.818. The molecule has 0 unspecified atom stereocenters. The number of carbonyl (C=O) groups is 2. The summed E-state index contributed by atoms with van der Waals surface area (Å²) in [7, 11) is 0. The van der Waals surface area contributed by atoms with Crippen LogP contribution in [-0.2, 0) is 14.4 Å². The third-order valence-electron chi connectivity index (χ3n) is 3.11. The van der Waals surface area contributed by atoms with E-state index in [0.717, 1.165) is 17.9 Å². The molecule has 4 nitrogen and oxygen atoms in total. The molecule has 0 bridgehead atoms. The summed E-state index contributed by atoms with van der Waals surface area (Å²) in [5.41, 5.74) is -0.786. The molecule has 1 saturated heterocycles. The second-order valence-electron chi connectivity index (χ2n) is 3.88. The van der Waals surface area contributed by atoms with Crippen LogP contribution in [-0.4, -0.2) is 23.5 Å². The van der Waals surface area contributed by atoms with Crippen molar-refractivity contribution in [3.63, 3.8) is 0 Å². The van der Waals surface area contributed by atoms with Gasteiger partial charge in [0, 0.05) is 0 Å². The van der Waals surface area contributed by atoms with Crippen molar-refractivity contribution in [2.75, 3.05) is 6.61 Å². The van der Waals surface area contributed by atoms with Crippen LogP contribution in [0.4, 0.5) is 0 Å². The van der Waals surface area contributed by atoms with Gasteiger partial charge in [-0.3, -0.25) is 14.4 Å². The number of hydrogen-bond acceptors (Lipinski definition) is 3. The van der Waals surface area contributed by atoms with Crippen LogP contribution in [0.5, 0.6) is 0 Å². The quantitative estimate of drug-likeness (QED) is 0.384. The first kappa shape index (κ1) is 12.2. The summed E-state index contributed by atoms with van der Waals surface area (Å²) in [4.78, 5) is 28.6. The highest BCUT2D eigenvalue weighted by atomic mass is 16.7. The van der Waals surface area contributed by atoms with E-state index in [2.05, 4.69) is 0 Å². The minimum Gasteiger partial charge on any atom is -0.271 e. The normalized spacial score (nSPS) is 19.3. The van der Waals surface area contributed by atoms with Gasteiger partial charge in [0.15, 0.2) is 0 Å². The van der Waals surface area contributed by atoms with E-state index in [1.807, 2.05) is 20.8 Å². The molecule has 0 spiro atoms. The van der Waals surface area contributed by atoms with E-state index < -0.39 is 5.41 Å². The van der Waals surface area contributed by atoms with Gasteiger partial charge < -0.3 is 0 Å². The minimum absolute atomic E-state index is 0.173. The molecule has 86 valence electrons. The third kappa shape index (κ3) is 1.78. The van der Waals surface area contributed by atoms with Crippen molar-refractivity contribution in [1.29, 1.82) is 0 Å². The molecule has 0 aromatic heterocycles. The molecular weight excluding hydrogens is 194 g/mol. The molecular formula is C11H19NO3. The van der Waals surface area contributed by atoms with Crippen molar-refractivity contribution in [3.8, 4) is 0 Å². The first-order valence-electron chi connectivity index (χ1n) is 5.66. The number of β-lactam (4-membered cyclic amide) rings is 2. The average molecular weight is 213 g/mol. The van der Waals surface area contributed by atoms with Crippen LogP contribution in [0.1, 0.15) is 46.5 Å². The summed E-state index contributed by atoms with van der Waals surface area (Å²) in [6.07, 6.45) is 2.98. The van der Waals surface area contributed by atoms with Crippen molar-refractivity contribution in [2.24, 2.45) is 5.41 Å². The molecule has 1 fully saturated rings. The van der Waals surface area contributed by atoms with Gasteiger partial charge in [-0.2, -0.15) is 5.06 Å². The highest BCUT2D eigenvalue weighted by Crippen LogP contribution is 2.40. The Morgan fingerprint density at radius 2 is 1.67 bits per heavy atom. The van der Waals surface area contributed by atoms with Crippen LogP contribution < -0.4 is 0 Å². The van der Waals surface area contributed by atoms with Gasteiger partial charge in [0.1, 0.15) is 5.41 Å². The Morgan fingerprint density at radius 3 is 2.07 bits per heavy atom. The summed E-state index contributed by atoms with van der Waals surface area (Å²) in [5.74, 6) is -0.345. The molecule has 1 rings (SSSR count). The van der Waals surface area contributed by atoms with Gasteiger partial charge in [0.05, 0.1) is 6.61 Å². The Kier molecular flexibility index (Phi) is 3.85. The van der Waals surface area contributed by atoms with Crippen LogP contribution in [0.25, 0.3) is 0 Å². The van der Waals surface area contributed by atoms with Gasteiger partial charge >= 0.3 is 0 Å². The largest absolute Gasteiger partial charge is 0.271 e. The number of hydroxylamine groups is 2. The maximum atomic E-state index is 11.7. The molecule has 0 atom stereocenters. The van der Waals surface area contributed by atoms with Gasteiger partial charge in [-0.25, -0.2) is 0 Å². The monoisotopic (exact) mass is 213 g/mol.